The SMILES string of the molecule is CNc1c(NC(=O)C2CC2)c(C#N)nn1-c1c(Cl)cc(OC(F)(F)F)cc1Cl. The molecule has 12 heteroatoms. The zero-order valence-electron chi connectivity index (χ0n) is 14.2. The fourth-order valence-corrected chi connectivity index (χ4v) is 3.14. The summed E-state index contributed by atoms with van der Waals surface area (Å²) >= 11 is 12.2. The minimum absolute atomic E-state index is 0.0191. The van der Waals surface area contributed by atoms with Gasteiger partial charge >= 0.3 is 6.36 Å². The summed E-state index contributed by atoms with van der Waals surface area (Å²) in [5.41, 5.74) is 0.0383. The number of carbonyl (C=O) groups is 1. The summed E-state index contributed by atoms with van der Waals surface area (Å²) in [7, 11) is 1.52. The molecule has 28 heavy (non-hydrogen) atoms. The Morgan fingerprint density at radius 3 is 2.43 bits per heavy atom. The molecule has 0 radical (unpaired) electrons. The Balaban J connectivity index is 2.07. The minimum Gasteiger partial charge on any atom is -0.406 e. The van der Waals surface area contributed by atoms with E-state index in [0.29, 0.717) is 0 Å². The molecule has 0 saturated heterocycles. The number of nitrogens with zero attached hydrogens (tertiary/aromatic N) is 3. The van der Waals surface area contributed by atoms with Gasteiger partial charge < -0.3 is 15.4 Å². The Hall–Kier alpha value is -2.64. The first-order valence-corrected chi connectivity index (χ1v) is 8.67. The summed E-state index contributed by atoms with van der Waals surface area (Å²) in [6.07, 6.45) is -3.39. The highest BCUT2D eigenvalue weighted by Gasteiger charge is 2.33. The third kappa shape index (κ3) is 4.10. The summed E-state index contributed by atoms with van der Waals surface area (Å²) in [5, 5.41) is 18.5. The van der Waals surface area contributed by atoms with Gasteiger partial charge in [-0.05, 0) is 12.8 Å². The van der Waals surface area contributed by atoms with Gasteiger partial charge in [-0.25, -0.2) is 4.68 Å². The van der Waals surface area contributed by atoms with Gasteiger partial charge in [-0.2, -0.15) is 10.4 Å². The molecule has 0 bridgehead atoms. The van der Waals surface area contributed by atoms with Crippen LogP contribution in [-0.2, 0) is 4.79 Å². The molecule has 7 nitrogen and oxygen atoms in total. The lowest BCUT2D eigenvalue weighted by Crippen LogP contribution is -2.17. The number of nitriles is 1. The quantitative estimate of drug-likeness (QED) is 0.731. The lowest BCUT2D eigenvalue weighted by Gasteiger charge is -2.15. The Morgan fingerprint density at radius 1 is 1.36 bits per heavy atom. The van der Waals surface area contributed by atoms with Crippen LogP contribution in [0.1, 0.15) is 18.5 Å². The number of hydrogen-bond donors (Lipinski definition) is 2. The Kier molecular flexibility index (Phi) is 5.32. The number of alkyl halides is 3. The van der Waals surface area contributed by atoms with Crippen LogP contribution in [0.3, 0.4) is 0 Å². The molecule has 148 valence electrons. The summed E-state index contributed by atoms with van der Waals surface area (Å²) in [5.74, 6) is -0.782. The number of carbonyl (C=O) groups excluding carboxylic acids is 1. The van der Waals surface area contributed by atoms with Crippen molar-refractivity contribution in [3.8, 4) is 17.5 Å². The maximum atomic E-state index is 12.4. The molecule has 0 aliphatic heterocycles. The smallest absolute Gasteiger partial charge is 0.406 e. The fraction of sp³-hybridized carbons (Fsp3) is 0.312. The molecule has 1 amide bonds. The van der Waals surface area contributed by atoms with Crippen LogP contribution in [0.15, 0.2) is 12.1 Å². The minimum atomic E-state index is -4.91. The largest absolute Gasteiger partial charge is 0.573 e. The second-order valence-electron chi connectivity index (χ2n) is 5.89. The van der Waals surface area contributed by atoms with Crippen LogP contribution in [-0.4, -0.2) is 29.1 Å². The molecule has 3 rings (SSSR count). The Bertz CT molecular complexity index is 957. The summed E-state index contributed by atoms with van der Waals surface area (Å²) in [6, 6.07) is 3.71. The van der Waals surface area contributed by atoms with Crippen molar-refractivity contribution in [2.24, 2.45) is 5.92 Å². The molecule has 2 N–H and O–H groups in total. The highest BCUT2D eigenvalue weighted by molar-refractivity contribution is 6.38. The van der Waals surface area contributed by atoms with Crippen molar-refractivity contribution in [3.05, 3.63) is 27.9 Å². The number of halogens is 5. The predicted octanol–water partition coefficient (Wildman–Crippen LogP) is 4.34. The van der Waals surface area contributed by atoms with Gasteiger partial charge in [0.05, 0.1) is 10.0 Å². The fourth-order valence-electron chi connectivity index (χ4n) is 2.52. The second kappa shape index (κ2) is 7.41. The molecular weight excluding hydrogens is 422 g/mol. The molecule has 1 aliphatic rings. The maximum absolute atomic E-state index is 12.4. The van der Waals surface area contributed by atoms with E-state index in [2.05, 4.69) is 20.5 Å². The van der Waals surface area contributed by atoms with Gasteiger partial charge in [-0.3, -0.25) is 4.79 Å². The van der Waals surface area contributed by atoms with Gasteiger partial charge in [0.25, 0.3) is 0 Å². The number of anilines is 2. The van der Waals surface area contributed by atoms with Crippen LogP contribution in [0.5, 0.6) is 5.75 Å². The van der Waals surface area contributed by atoms with Crippen molar-refractivity contribution in [2.75, 3.05) is 17.7 Å². The Labute approximate surface area is 167 Å². The van der Waals surface area contributed by atoms with Gasteiger partial charge in [-0.1, -0.05) is 23.2 Å². The van der Waals surface area contributed by atoms with E-state index in [4.69, 9.17) is 23.2 Å². The molecule has 0 atom stereocenters. The van der Waals surface area contributed by atoms with Gasteiger partial charge in [0, 0.05) is 25.1 Å². The molecule has 1 fully saturated rings. The molecule has 1 saturated carbocycles. The number of ether oxygens (including phenoxy) is 1. The number of rotatable bonds is 5. The average molecular weight is 434 g/mol. The third-order valence-corrected chi connectivity index (χ3v) is 4.44. The topological polar surface area (TPSA) is 92.0 Å². The zero-order chi connectivity index (χ0) is 20.6. The van der Waals surface area contributed by atoms with Crippen LogP contribution in [0.4, 0.5) is 24.7 Å². The van der Waals surface area contributed by atoms with Gasteiger partial charge in [-0.15, -0.1) is 13.2 Å². The highest BCUT2D eigenvalue weighted by atomic mass is 35.5. The van der Waals surface area contributed by atoms with Gasteiger partial charge in [0.15, 0.2) is 11.5 Å². The standard InChI is InChI=1S/C16H12Cl2F3N5O2/c1-23-14-12(24-15(27)7-2-3-7)11(6-22)25-26(14)13-9(17)4-8(5-10(13)18)28-16(19,20)21/h4-5,7,23H,2-3H2,1H3,(H,24,27). The first kappa shape index (κ1) is 20.1. The number of hydrogen-bond acceptors (Lipinski definition) is 5. The van der Waals surface area contributed by atoms with E-state index >= 15 is 0 Å². The van der Waals surface area contributed by atoms with Gasteiger partial charge in [0.2, 0.25) is 5.91 Å². The number of benzene rings is 1. The van der Waals surface area contributed by atoms with E-state index in [1.54, 1.807) is 0 Å². The monoisotopic (exact) mass is 433 g/mol. The van der Waals surface area contributed by atoms with Crippen molar-refractivity contribution < 1.29 is 22.7 Å². The van der Waals surface area contributed by atoms with Gasteiger partial charge in [0.1, 0.15) is 23.2 Å². The normalized spacial score (nSPS) is 13.8. The van der Waals surface area contributed by atoms with Crippen molar-refractivity contribution in [3.63, 3.8) is 0 Å². The lowest BCUT2D eigenvalue weighted by atomic mass is 10.3. The van der Waals surface area contributed by atoms with E-state index in [1.807, 2.05) is 6.07 Å². The van der Waals surface area contributed by atoms with Crippen LogP contribution in [0.2, 0.25) is 10.0 Å². The first-order valence-electron chi connectivity index (χ1n) is 7.91. The van der Waals surface area contributed by atoms with Crippen LogP contribution >= 0.6 is 23.2 Å². The molecule has 1 aliphatic carbocycles. The van der Waals surface area contributed by atoms with E-state index < -0.39 is 12.1 Å². The first-order chi connectivity index (χ1) is 13.1. The average Bonchev–Trinajstić information content (AvgIpc) is 3.37. The maximum Gasteiger partial charge on any atom is 0.573 e. The van der Waals surface area contributed by atoms with Crippen molar-refractivity contribution in [2.45, 2.75) is 19.2 Å². The lowest BCUT2D eigenvalue weighted by molar-refractivity contribution is -0.274. The second-order valence-corrected chi connectivity index (χ2v) is 6.71. The third-order valence-electron chi connectivity index (χ3n) is 3.86. The van der Waals surface area contributed by atoms with Crippen LogP contribution in [0, 0.1) is 17.2 Å². The summed E-state index contributed by atoms with van der Waals surface area (Å²) in [6.45, 7) is 0. The van der Waals surface area contributed by atoms with Crippen LogP contribution < -0.4 is 15.4 Å². The summed E-state index contributed by atoms with van der Waals surface area (Å²) in [4.78, 5) is 12.1. The molecular formula is C16H12Cl2F3N5O2. The summed E-state index contributed by atoms with van der Waals surface area (Å²) < 4.78 is 42.3. The zero-order valence-corrected chi connectivity index (χ0v) is 15.7. The predicted molar refractivity (Wildman–Crippen MR) is 95.9 cm³/mol. The molecule has 2 aromatic rings. The van der Waals surface area contributed by atoms with Crippen molar-refractivity contribution in [1.82, 2.24) is 9.78 Å². The molecule has 0 spiro atoms. The number of amides is 1. The van der Waals surface area contributed by atoms with Crippen molar-refractivity contribution >= 4 is 40.6 Å². The number of aromatic nitrogens is 2. The molecule has 1 aromatic carbocycles. The highest BCUT2D eigenvalue weighted by Crippen LogP contribution is 2.39. The molecule has 1 heterocycles. The van der Waals surface area contributed by atoms with E-state index in [9.17, 15) is 23.2 Å². The van der Waals surface area contributed by atoms with Crippen molar-refractivity contribution in [1.29, 1.82) is 5.26 Å². The Morgan fingerprint density at radius 2 is 1.96 bits per heavy atom. The number of nitrogens with one attached hydrogen (secondary N) is 2. The molecule has 0 unspecified atom stereocenters. The molecule has 1 aromatic heterocycles. The van der Waals surface area contributed by atoms with E-state index in [-0.39, 0.29) is 44.8 Å². The van der Waals surface area contributed by atoms with Crippen LogP contribution in [0.25, 0.3) is 5.69 Å². The van der Waals surface area contributed by atoms with E-state index in [0.717, 1.165) is 29.7 Å². The van der Waals surface area contributed by atoms with E-state index in [1.165, 1.54) is 7.05 Å².